The summed E-state index contributed by atoms with van der Waals surface area (Å²) < 4.78 is 0. The van der Waals surface area contributed by atoms with Crippen LogP contribution in [0.25, 0.3) is 0 Å². The predicted octanol–water partition coefficient (Wildman–Crippen LogP) is 1.10. The summed E-state index contributed by atoms with van der Waals surface area (Å²) in [4.78, 5) is 23.0. The van der Waals surface area contributed by atoms with E-state index in [0.717, 1.165) is 22.9 Å². The van der Waals surface area contributed by atoms with Crippen LogP contribution in [-0.4, -0.2) is 34.7 Å². The summed E-state index contributed by atoms with van der Waals surface area (Å²) in [5, 5.41) is 13.9. The average Bonchev–Trinajstić information content (AvgIpc) is 2.85. The first-order valence-electron chi connectivity index (χ1n) is 6.04. The first kappa shape index (κ1) is 14.4. The van der Waals surface area contributed by atoms with Crippen molar-refractivity contribution in [2.45, 2.75) is 13.0 Å². The molecule has 2 amide bonds. The van der Waals surface area contributed by atoms with Gasteiger partial charge < -0.3 is 15.7 Å². The number of benzene rings is 1. The van der Waals surface area contributed by atoms with Crippen molar-refractivity contribution in [3.8, 4) is 11.8 Å². The molecule has 104 valence electrons. The lowest BCUT2D eigenvalue weighted by Crippen LogP contribution is -2.38. The molecule has 1 aromatic carbocycles. The molecule has 0 radical (unpaired) electrons. The Balaban J connectivity index is 2.05. The van der Waals surface area contributed by atoms with Crippen LogP contribution in [0.15, 0.2) is 18.2 Å². The van der Waals surface area contributed by atoms with Gasteiger partial charge in [-0.15, -0.1) is 0 Å². The van der Waals surface area contributed by atoms with Crippen molar-refractivity contribution in [3.63, 3.8) is 0 Å². The average molecular weight is 290 g/mol. The number of hydrogen-bond donors (Lipinski definition) is 3. The Kier molecular flexibility index (Phi) is 4.66. The highest BCUT2D eigenvalue weighted by atomic mass is 32.2. The first-order valence-corrected chi connectivity index (χ1v) is 7.03. The summed E-state index contributed by atoms with van der Waals surface area (Å²) in [6.45, 7) is 1.70. The summed E-state index contributed by atoms with van der Waals surface area (Å²) in [7, 11) is 0. The molecular formula is C14H14N2O3S. The zero-order valence-electron chi connectivity index (χ0n) is 10.9. The molecule has 1 aliphatic heterocycles. The van der Waals surface area contributed by atoms with Crippen LogP contribution in [-0.2, 0) is 4.79 Å². The van der Waals surface area contributed by atoms with E-state index in [1.807, 2.05) is 13.0 Å². The topological polar surface area (TPSA) is 78.4 Å². The fraction of sp³-hybridized carbons (Fsp3) is 0.286. The molecule has 2 rings (SSSR count). The SMILES string of the molecule is Cc1cc(NC(=O)C2CSC(=O)N2)ccc1C#CCO. The zero-order chi connectivity index (χ0) is 14.5. The molecule has 1 atom stereocenters. The number of carbonyl (C=O) groups is 2. The van der Waals surface area contributed by atoms with Gasteiger partial charge in [-0.1, -0.05) is 23.6 Å². The van der Waals surface area contributed by atoms with Crippen LogP contribution in [0.3, 0.4) is 0 Å². The molecule has 20 heavy (non-hydrogen) atoms. The minimum atomic E-state index is -0.485. The zero-order valence-corrected chi connectivity index (χ0v) is 11.7. The molecule has 5 nitrogen and oxygen atoms in total. The van der Waals surface area contributed by atoms with Gasteiger partial charge >= 0.3 is 0 Å². The molecular weight excluding hydrogens is 276 g/mol. The second-order valence-corrected chi connectivity index (χ2v) is 5.27. The number of rotatable bonds is 2. The van der Waals surface area contributed by atoms with Crippen molar-refractivity contribution in [1.82, 2.24) is 5.32 Å². The maximum atomic E-state index is 11.9. The van der Waals surface area contributed by atoms with Crippen LogP contribution >= 0.6 is 11.8 Å². The molecule has 1 aromatic rings. The van der Waals surface area contributed by atoms with Gasteiger partial charge in [0.2, 0.25) is 5.91 Å². The van der Waals surface area contributed by atoms with Crippen molar-refractivity contribution in [2.24, 2.45) is 0 Å². The number of anilines is 1. The highest BCUT2D eigenvalue weighted by molar-refractivity contribution is 8.14. The van der Waals surface area contributed by atoms with E-state index < -0.39 is 6.04 Å². The third kappa shape index (κ3) is 3.53. The lowest BCUT2D eigenvalue weighted by Gasteiger charge is -2.11. The van der Waals surface area contributed by atoms with Gasteiger partial charge in [-0.25, -0.2) is 0 Å². The number of nitrogens with one attached hydrogen (secondary N) is 2. The van der Waals surface area contributed by atoms with Gasteiger partial charge in [0.1, 0.15) is 12.6 Å². The Bertz CT molecular complexity index is 604. The number of carbonyl (C=O) groups excluding carboxylic acids is 2. The molecule has 0 saturated carbocycles. The van der Waals surface area contributed by atoms with Crippen LogP contribution in [0, 0.1) is 18.8 Å². The summed E-state index contributed by atoms with van der Waals surface area (Å²) in [6.07, 6.45) is 0. The number of thioether (sulfide) groups is 1. The third-order valence-electron chi connectivity index (χ3n) is 2.79. The number of aliphatic hydroxyl groups is 1. The van der Waals surface area contributed by atoms with Gasteiger partial charge in [-0.2, -0.15) is 0 Å². The molecule has 1 unspecified atom stereocenters. The van der Waals surface area contributed by atoms with Crippen molar-refractivity contribution >= 4 is 28.6 Å². The highest BCUT2D eigenvalue weighted by Crippen LogP contribution is 2.17. The number of hydrogen-bond acceptors (Lipinski definition) is 4. The van der Waals surface area contributed by atoms with Crippen molar-refractivity contribution in [2.75, 3.05) is 17.7 Å². The highest BCUT2D eigenvalue weighted by Gasteiger charge is 2.27. The largest absolute Gasteiger partial charge is 0.384 e. The minimum absolute atomic E-state index is 0.170. The van der Waals surface area contributed by atoms with E-state index in [0.29, 0.717) is 11.4 Å². The first-order chi connectivity index (χ1) is 9.60. The van der Waals surface area contributed by atoms with Crippen LogP contribution in [0.4, 0.5) is 10.5 Å². The minimum Gasteiger partial charge on any atom is -0.384 e. The van der Waals surface area contributed by atoms with E-state index in [2.05, 4.69) is 22.5 Å². The van der Waals surface area contributed by atoms with Crippen LogP contribution in [0.1, 0.15) is 11.1 Å². The molecule has 1 heterocycles. The van der Waals surface area contributed by atoms with Crippen LogP contribution < -0.4 is 10.6 Å². The maximum absolute atomic E-state index is 11.9. The van der Waals surface area contributed by atoms with Crippen LogP contribution in [0.2, 0.25) is 0 Å². The normalized spacial score (nSPS) is 17.1. The number of aliphatic hydroxyl groups excluding tert-OH is 1. The Morgan fingerprint density at radius 2 is 2.40 bits per heavy atom. The second-order valence-electron chi connectivity index (χ2n) is 4.27. The molecule has 0 aromatic heterocycles. The number of aryl methyl sites for hydroxylation is 1. The van der Waals surface area contributed by atoms with E-state index >= 15 is 0 Å². The molecule has 3 N–H and O–H groups in total. The van der Waals surface area contributed by atoms with Crippen molar-refractivity contribution < 1.29 is 14.7 Å². The molecule has 6 heteroatoms. The summed E-state index contributed by atoms with van der Waals surface area (Å²) in [5.41, 5.74) is 2.38. The van der Waals surface area contributed by atoms with Crippen molar-refractivity contribution in [3.05, 3.63) is 29.3 Å². The Hall–Kier alpha value is -1.97. The summed E-state index contributed by atoms with van der Waals surface area (Å²) >= 11 is 1.11. The maximum Gasteiger partial charge on any atom is 0.279 e. The smallest absolute Gasteiger partial charge is 0.279 e. The molecule has 1 saturated heterocycles. The van der Waals surface area contributed by atoms with E-state index in [4.69, 9.17) is 5.11 Å². The quantitative estimate of drug-likeness (QED) is 0.713. The van der Waals surface area contributed by atoms with Gasteiger partial charge in [0.05, 0.1) is 0 Å². The Morgan fingerprint density at radius 3 is 3.00 bits per heavy atom. The summed E-state index contributed by atoms with van der Waals surface area (Å²) in [5.74, 6) is 5.64. The Labute approximate surface area is 121 Å². The summed E-state index contributed by atoms with van der Waals surface area (Å²) in [6, 6.07) is 4.86. The molecule has 0 spiro atoms. The fourth-order valence-electron chi connectivity index (χ4n) is 1.77. The van der Waals surface area contributed by atoms with Gasteiger partial charge in [0.25, 0.3) is 5.24 Å². The standard InChI is InChI=1S/C14H14N2O3S/c1-9-7-11(5-4-10(9)3-2-6-17)15-13(18)12-8-20-14(19)16-12/h4-5,7,12,17H,6,8H2,1H3,(H,15,18)(H,16,19). The third-order valence-corrected chi connectivity index (χ3v) is 3.67. The second kappa shape index (κ2) is 6.46. The van der Waals surface area contributed by atoms with E-state index in [1.165, 1.54) is 0 Å². The van der Waals surface area contributed by atoms with Crippen molar-refractivity contribution in [1.29, 1.82) is 0 Å². The fourth-order valence-corrected chi connectivity index (χ4v) is 2.55. The van der Waals surface area contributed by atoms with Gasteiger partial charge in [-0.3, -0.25) is 9.59 Å². The van der Waals surface area contributed by atoms with Gasteiger partial charge in [-0.05, 0) is 30.7 Å². The van der Waals surface area contributed by atoms with E-state index in [9.17, 15) is 9.59 Å². The van der Waals surface area contributed by atoms with Gasteiger partial charge in [0, 0.05) is 17.0 Å². The molecule has 1 aliphatic rings. The molecule has 0 aliphatic carbocycles. The van der Waals surface area contributed by atoms with E-state index in [-0.39, 0.29) is 17.8 Å². The lowest BCUT2D eigenvalue weighted by atomic mass is 10.1. The monoisotopic (exact) mass is 290 g/mol. The molecule has 1 fully saturated rings. The van der Waals surface area contributed by atoms with Gasteiger partial charge in [0.15, 0.2) is 0 Å². The lowest BCUT2D eigenvalue weighted by molar-refractivity contribution is -0.117. The van der Waals surface area contributed by atoms with E-state index in [1.54, 1.807) is 12.1 Å². The predicted molar refractivity (Wildman–Crippen MR) is 78.6 cm³/mol. The Morgan fingerprint density at radius 1 is 1.60 bits per heavy atom. The van der Waals surface area contributed by atoms with Crippen LogP contribution in [0.5, 0.6) is 0 Å². The molecule has 0 bridgehead atoms. The number of amides is 2.